The molecule has 1 amide bonds. The van der Waals surface area contributed by atoms with Crippen LogP contribution in [0.2, 0.25) is 0 Å². The SMILES string of the molecule is COc1ccc(-c2nn(-c3ccccc3)cc2/C=C2/NC(=S)N(c3ccccc3)C2=O)cc1[N+](=O)[O-]. The van der Waals surface area contributed by atoms with E-state index >= 15 is 0 Å². The minimum atomic E-state index is -0.507. The van der Waals surface area contributed by atoms with E-state index in [1.54, 1.807) is 35.2 Å². The van der Waals surface area contributed by atoms with Gasteiger partial charge in [0.05, 0.1) is 23.4 Å². The van der Waals surface area contributed by atoms with Crippen molar-refractivity contribution in [2.45, 2.75) is 0 Å². The highest BCUT2D eigenvalue weighted by atomic mass is 32.1. The first kappa shape index (κ1) is 22.9. The Labute approximate surface area is 211 Å². The van der Waals surface area contributed by atoms with Crippen LogP contribution in [0, 0.1) is 10.1 Å². The Morgan fingerprint density at radius 3 is 2.33 bits per heavy atom. The lowest BCUT2D eigenvalue weighted by Crippen LogP contribution is -2.30. The molecule has 2 heterocycles. The van der Waals surface area contributed by atoms with Crippen molar-refractivity contribution in [1.29, 1.82) is 0 Å². The molecule has 9 nitrogen and oxygen atoms in total. The zero-order chi connectivity index (χ0) is 25.2. The lowest BCUT2D eigenvalue weighted by Gasteiger charge is -2.13. The summed E-state index contributed by atoms with van der Waals surface area (Å²) in [4.78, 5) is 25.8. The number of anilines is 1. The summed E-state index contributed by atoms with van der Waals surface area (Å²) in [7, 11) is 1.38. The van der Waals surface area contributed by atoms with Gasteiger partial charge in [0, 0.05) is 23.4 Å². The van der Waals surface area contributed by atoms with Crippen molar-refractivity contribution in [3.63, 3.8) is 0 Å². The number of methoxy groups -OCH3 is 1. The fourth-order valence-electron chi connectivity index (χ4n) is 3.91. The van der Waals surface area contributed by atoms with Crippen molar-refractivity contribution in [1.82, 2.24) is 15.1 Å². The van der Waals surface area contributed by atoms with Gasteiger partial charge in [0.1, 0.15) is 11.4 Å². The van der Waals surface area contributed by atoms with E-state index in [-0.39, 0.29) is 28.2 Å². The Morgan fingerprint density at radius 1 is 1.03 bits per heavy atom. The number of carbonyl (C=O) groups excluding carboxylic acids is 1. The van der Waals surface area contributed by atoms with Crippen LogP contribution in [0.5, 0.6) is 5.75 Å². The number of ether oxygens (including phenoxy) is 1. The van der Waals surface area contributed by atoms with E-state index in [0.717, 1.165) is 5.69 Å². The Morgan fingerprint density at radius 2 is 1.69 bits per heavy atom. The maximum Gasteiger partial charge on any atom is 0.311 e. The van der Waals surface area contributed by atoms with E-state index in [1.807, 2.05) is 48.5 Å². The first-order valence-electron chi connectivity index (χ1n) is 10.9. The highest BCUT2D eigenvalue weighted by Crippen LogP contribution is 2.34. The van der Waals surface area contributed by atoms with Gasteiger partial charge in [-0.05, 0) is 54.7 Å². The van der Waals surface area contributed by atoms with Crippen molar-refractivity contribution in [2.75, 3.05) is 12.0 Å². The summed E-state index contributed by atoms with van der Waals surface area (Å²) in [6, 6.07) is 23.1. The van der Waals surface area contributed by atoms with Crippen LogP contribution in [0.15, 0.2) is 90.8 Å². The number of hydrogen-bond donors (Lipinski definition) is 1. The maximum atomic E-state index is 13.2. The Balaban J connectivity index is 1.62. The molecule has 0 atom stereocenters. The molecule has 0 spiro atoms. The summed E-state index contributed by atoms with van der Waals surface area (Å²) in [5.74, 6) is -0.173. The van der Waals surface area contributed by atoms with Crippen molar-refractivity contribution in [3.8, 4) is 22.7 Å². The van der Waals surface area contributed by atoms with Crippen LogP contribution < -0.4 is 15.0 Å². The molecule has 0 bridgehead atoms. The van der Waals surface area contributed by atoms with E-state index in [1.165, 1.54) is 24.1 Å². The van der Waals surface area contributed by atoms with Gasteiger partial charge in [-0.3, -0.25) is 19.8 Å². The summed E-state index contributed by atoms with van der Waals surface area (Å²) in [5, 5.41) is 19.5. The summed E-state index contributed by atoms with van der Waals surface area (Å²) in [6.45, 7) is 0. The number of rotatable bonds is 6. The third-order valence-corrected chi connectivity index (χ3v) is 5.89. The second-order valence-corrected chi connectivity index (χ2v) is 8.21. The lowest BCUT2D eigenvalue weighted by molar-refractivity contribution is -0.385. The molecule has 36 heavy (non-hydrogen) atoms. The average molecular weight is 498 g/mol. The molecule has 1 aliphatic heterocycles. The summed E-state index contributed by atoms with van der Waals surface area (Å²) in [5.41, 5.74) is 3.04. The standard InChI is InChI=1S/C26H19N5O4S/c1-35-23-13-12-17(15-22(23)31(33)34)24-18(16-29(28-24)19-8-4-2-5-9-19)14-21-25(32)30(26(36)27-21)20-10-6-3-7-11-20/h2-16H,1H3,(H,27,36)/b21-14+. The third kappa shape index (κ3) is 4.21. The molecule has 0 unspecified atom stereocenters. The minimum absolute atomic E-state index is 0.141. The van der Waals surface area contributed by atoms with Gasteiger partial charge < -0.3 is 10.1 Å². The van der Waals surface area contributed by atoms with Crippen LogP contribution in [0.3, 0.4) is 0 Å². The highest BCUT2D eigenvalue weighted by Gasteiger charge is 2.32. The van der Waals surface area contributed by atoms with Crippen LogP contribution in [-0.2, 0) is 4.79 Å². The number of nitro benzene ring substituents is 1. The summed E-state index contributed by atoms with van der Waals surface area (Å²) < 4.78 is 6.79. The molecule has 178 valence electrons. The predicted octanol–water partition coefficient (Wildman–Crippen LogP) is 4.72. The van der Waals surface area contributed by atoms with Gasteiger partial charge >= 0.3 is 5.69 Å². The number of para-hydroxylation sites is 2. The molecule has 1 saturated heterocycles. The largest absolute Gasteiger partial charge is 0.490 e. The molecule has 1 aliphatic rings. The fourth-order valence-corrected chi connectivity index (χ4v) is 4.21. The van der Waals surface area contributed by atoms with Crippen LogP contribution >= 0.6 is 12.2 Å². The zero-order valence-electron chi connectivity index (χ0n) is 19.0. The van der Waals surface area contributed by atoms with E-state index in [4.69, 9.17) is 22.1 Å². The molecule has 10 heteroatoms. The first-order valence-corrected chi connectivity index (χ1v) is 11.3. The first-order chi connectivity index (χ1) is 17.5. The number of thiocarbonyl (C=S) groups is 1. The number of hydrogen-bond acceptors (Lipinski definition) is 6. The zero-order valence-corrected chi connectivity index (χ0v) is 19.8. The maximum absolute atomic E-state index is 13.2. The molecular formula is C26H19N5O4S. The average Bonchev–Trinajstić information content (AvgIpc) is 3.44. The molecule has 3 aromatic carbocycles. The molecular weight excluding hydrogens is 478 g/mol. The molecule has 1 fully saturated rings. The van der Waals surface area contributed by atoms with Gasteiger partial charge in [-0.1, -0.05) is 36.4 Å². The fraction of sp³-hybridized carbons (Fsp3) is 0.0385. The quantitative estimate of drug-likeness (QED) is 0.178. The number of benzene rings is 3. The van der Waals surface area contributed by atoms with E-state index in [9.17, 15) is 14.9 Å². The third-order valence-electron chi connectivity index (χ3n) is 5.60. The number of aromatic nitrogens is 2. The Kier molecular flexibility index (Phi) is 6.01. The van der Waals surface area contributed by atoms with Gasteiger partial charge in [0.2, 0.25) is 0 Å². The van der Waals surface area contributed by atoms with Gasteiger partial charge in [-0.2, -0.15) is 5.10 Å². The van der Waals surface area contributed by atoms with Crippen molar-refractivity contribution in [3.05, 3.63) is 106 Å². The Bertz CT molecular complexity index is 1520. The number of nitrogens with one attached hydrogen (secondary N) is 1. The minimum Gasteiger partial charge on any atom is -0.490 e. The predicted molar refractivity (Wildman–Crippen MR) is 140 cm³/mol. The number of amides is 1. The van der Waals surface area contributed by atoms with Crippen molar-refractivity contribution in [2.24, 2.45) is 0 Å². The molecule has 4 aromatic rings. The molecule has 0 radical (unpaired) electrons. The molecule has 5 rings (SSSR count). The highest BCUT2D eigenvalue weighted by molar-refractivity contribution is 7.80. The normalized spacial score (nSPS) is 14.2. The van der Waals surface area contributed by atoms with E-state index < -0.39 is 4.92 Å². The second-order valence-electron chi connectivity index (χ2n) is 7.82. The molecule has 1 aromatic heterocycles. The van der Waals surface area contributed by atoms with Gasteiger partial charge in [0.25, 0.3) is 5.91 Å². The van der Waals surface area contributed by atoms with Crippen LogP contribution in [-0.4, -0.2) is 32.8 Å². The Hall–Kier alpha value is -4.83. The number of carbonyl (C=O) groups is 1. The van der Waals surface area contributed by atoms with Gasteiger partial charge in [-0.15, -0.1) is 0 Å². The van der Waals surface area contributed by atoms with E-state index in [2.05, 4.69) is 5.32 Å². The van der Waals surface area contributed by atoms with E-state index in [0.29, 0.717) is 22.5 Å². The van der Waals surface area contributed by atoms with Crippen molar-refractivity contribution < 1.29 is 14.5 Å². The molecule has 1 N–H and O–H groups in total. The smallest absolute Gasteiger partial charge is 0.311 e. The molecule has 0 aliphatic carbocycles. The van der Waals surface area contributed by atoms with Crippen molar-refractivity contribution >= 4 is 40.7 Å². The number of nitro groups is 1. The van der Waals surface area contributed by atoms with Crippen LogP contribution in [0.4, 0.5) is 11.4 Å². The monoisotopic (exact) mass is 497 g/mol. The summed E-state index contributed by atoms with van der Waals surface area (Å²) >= 11 is 5.42. The van der Waals surface area contributed by atoms with Crippen LogP contribution in [0.25, 0.3) is 23.0 Å². The van der Waals surface area contributed by atoms with Crippen LogP contribution in [0.1, 0.15) is 5.56 Å². The molecule has 0 saturated carbocycles. The second kappa shape index (κ2) is 9.43. The number of nitrogens with zero attached hydrogens (tertiary/aromatic N) is 4. The summed E-state index contributed by atoms with van der Waals surface area (Å²) in [6.07, 6.45) is 3.41. The van der Waals surface area contributed by atoms with Gasteiger partial charge in [-0.25, -0.2) is 4.68 Å². The topological polar surface area (TPSA) is 103 Å². The lowest BCUT2D eigenvalue weighted by atomic mass is 10.1. The van der Waals surface area contributed by atoms with Gasteiger partial charge in [0.15, 0.2) is 10.9 Å².